The lowest BCUT2D eigenvalue weighted by atomic mass is 10.2. The number of imidazole rings is 2. The van der Waals surface area contributed by atoms with E-state index in [9.17, 15) is 0 Å². The molecule has 2 atom stereocenters. The van der Waals surface area contributed by atoms with E-state index >= 15 is 0 Å². The van der Waals surface area contributed by atoms with Crippen molar-refractivity contribution in [1.82, 2.24) is 50.3 Å². The first kappa shape index (κ1) is 20.7. The van der Waals surface area contributed by atoms with E-state index in [0.29, 0.717) is 34.2 Å². The van der Waals surface area contributed by atoms with Crippen molar-refractivity contribution in [2.24, 2.45) is 0 Å². The third-order valence-corrected chi connectivity index (χ3v) is 6.51. The fourth-order valence-corrected chi connectivity index (χ4v) is 4.67. The number of nitrogens with zero attached hydrogens (tertiary/aromatic N) is 8. The lowest BCUT2D eigenvalue weighted by molar-refractivity contribution is 0.590. The summed E-state index contributed by atoms with van der Waals surface area (Å²) in [6.07, 6.45) is 7.76. The summed E-state index contributed by atoms with van der Waals surface area (Å²) in [5.41, 5.74) is 3.95. The predicted molar refractivity (Wildman–Crippen MR) is 126 cm³/mol. The van der Waals surface area contributed by atoms with Gasteiger partial charge in [-0.15, -0.1) is 20.4 Å². The molecule has 2 aliphatic rings. The van der Waals surface area contributed by atoms with Crippen LogP contribution in [0.1, 0.15) is 49.4 Å². The number of aromatic nitrogens is 8. The minimum absolute atomic E-state index is 0.176. The van der Waals surface area contributed by atoms with Gasteiger partial charge in [-0.05, 0) is 63.0 Å². The minimum atomic E-state index is 0.176. The van der Waals surface area contributed by atoms with Gasteiger partial charge in [0, 0.05) is 0 Å². The van der Waals surface area contributed by atoms with Gasteiger partial charge in [0.05, 0.1) is 24.5 Å². The zero-order chi connectivity index (χ0) is 23.1. The quantitative estimate of drug-likeness (QED) is 0.316. The lowest BCUT2D eigenvalue weighted by Crippen LogP contribution is -2.22. The topological polar surface area (TPSA) is 163 Å². The van der Waals surface area contributed by atoms with E-state index < -0.39 is 0 Å². The van der Waals surface area contributed by atoms with Crippen LogP contribution in [0.5, 0.6) is 0 Å². The molecule has 12 nitrogen and oxygen atoms in total. The summed E-state index contributed by atoms with van der Waals surface area (Å²) in [5.74, 6) is 14.2. The largest absolute Gasteiger partial charge is 0.337 e. The molecular weight excluding hydrogens is 432 g/mol. The summed E-state index contributed by atoms with van der Waals surface area (Å²) < 4.78 is 3.18. The van der Waals surface area contributed by atoms with Gasteiger partial charge < -0.3 is 22.3 Å². The Morgan fingerprint density at radius 2 is 1.06 bits per heavy atom. The average Bonchev–Trinajstić information content (AvgIpc) is 3.67. The monoisotopic (exact) mass is 458 g/mol. The summed E-state index contributed by atoms with van der Waals surface area (Å²) in [4.78, 5) is 8.98. The fourth-order valence-electron chi connectivity index (χ4n) is 4.67. The summed E-state index contributed by atoms with van der Waals surface area (Å²) in [7, 11) is 0. The molecule has 174 valence electrons. The maximum absolute atomic E-state index is 6.29. The lowest BCUT2D eigenvalue weighted by Gasteiger charge is -2.11. The summed E-state index contributed by atoms with van der Waals surface area (Å²) in [6, 6.07) is 7.78. The van der Waals surface area contributed by atoms with Crippen molar-refractivity contribution in [3.63, 3.8) is 0 Å². The normalized spacial score (nSPS) is 20.2. The van der Waals surface area contributed by atoms with E-state index in [4.69, 9.17) is 11.7 Å². The Hall–Kier alpha value is -3.90. The highest BCUT2D eigenvalue weighted by atomic mass is 15.4. The highest BCUT2D eigenvalue weighted by Crippen LogP contribution is 2.27. The smallest absolute Gasteiger partial charge is 0.144 e. The van der Waals surface area contributed by atoms with E-state index in [1.165, 1.54) is 0 Å². The van der Waals surface area contributed by atoms with E-state index in [0.717, 1.165) is 50.4 Å². The zero-order valence-corrected chi connectivity index (χ0v) is 18.6. The summed E-state index contributed by atoms with van der Waals surface area (Å²) in [5, 5.41) is 24.2. The van der Waals surface area contributed by atoms with E-state index in [2.05, 4.69) is 41.0 Å². The molecule has 6 N–H and O–H groups in total. The molecule has 2 saturated heterocycles. The molecule has 4 aromatic heterocycles. The summed E-state index contributed by atoms with van der Waals surface area (Å²) >= 11 is 0. The number of nitrogens with one attached hydrogen (secondary N) is 2. The van der Waals surface area contributed by atoms with Crippen molar-refractivity contribution in [2.75, 3.05) is 24.8 Å². The van der Waals surface area contributed by atoms with Gasteiger partial charge in [0.1, 0.15) is 45.8 Å². The second kappa shape index (κ2) is 8.47. The van der Waals surface area contributed by atoms with Crippen LogP contribution < -0.4 is 22.3 Å². The van der Waals surface area contributed by atoms with Gasteiger partial charge >= 0.3 is 0 Å². The third kappa shape index (κ3) is 3.56. The van der Waals surface area contributed by atoms with Crippen LogP contribution in [0.15, 0.2) is 36.7 Å². The molecule has 0 unspecified atom stereocenters. The molecule has 0 bridgehead atoms. The minimum Gasteiger partial charge on any atom is -0.337 e. The van der Waals surface area contributed by atoms with Crippen molar-refractivity contribution < 1.29 is 0 Å². The highest BCUT2D eigenvalue weighted by Gasteiger charge is 2.24. The van der Waals surface area contributed by atoms with Gasteiger partial charge in [0.15, 0.2) is 0 Å². The number of rotatable bonds is 5. The first-order valence-electron chi connectivity index (χ1n) is 11.5. The summed E-state index contributed by atoms with van der Waals surface area (Å²) in [6.45, 7) is 1.96. The second-order valence-corrected chi connectivity index (χ2v) is 8.65. The standard InChI is InChI=1S/C22H26N12/c23-33-19(11-27-21(33)17-3-1-9-25-17)15-7-5-13(29-31-15)14-6-8-16(32-30-14)20-12-28-22(34(20)24)18-4-2-10-26-18/h5-8,11-12,17-18,25-26H,1-4,9-10,23-24H2/t17-,18-/m0/s1. The van der Waals surface area contributed by atoms with Crippen LogP contribution in [-0.2, 0) is 0 Å². The van der Waals surface area contributed by atoms with Crippen LogP contribution in [-0.4, -0.2) is 52.8 Å². The van der Waals surface area contributed by atoms with Crippen molar-refractivity contribution in [3.8, 4) is 34.2 Å². The molecule has 0 aliphatic carbocycles. The van der Waals surface area contributed by atoms with Gasteiger partial charge in [-0.3, -0.25) is 0 Å². The molecule has 12 heteroatoms. The van der Waals surface area contributed by atoms with Crippen LogP contribution in [0, 0.1) is 0 Å². The Morgan fingerprint density at radius 1 is 0.647 bits per heavy atom. The SMILES string of the molecule is Nn1c(-c2ccc(-c3ccc(-c4cnc([C@@H]5CCCN5)n4N)nn3)nn2)cnc1[C@@H]1CCCN1. The molecule has 6 rings (SSSR count). The highest BCUT2D eigenvalue weighted by molar-refractivity contribution is 5.61. The van der Waals surface area contributed by atoms with Gasteiger partial charge in [-0.2, -0.15) is 0 Å². The van der Waals surface area contributed by atoms with Crippen molar-refractivity contribution >= 4 is 0 Å². The number of hydrogen-bond donors (Lipinski definition) is 4. The maximum atomic E-state index is 6.29. The molecule has 4 aromatic rings. The van der Waals surface area contributed by atoms with Crippen LogP contribution in [0.2, 0.25) is 0 Å². The molecule has 6 heterocycles. The second-order valence-electron chi connectivity index (χ2n) is 8.65. The van der Waals surface area contributed by atoms with E-state index in [-0.39, 0.29) is 12.1 Å². The molecule has 0 saturated carbocycles. The number of hydrogen-bond acceptors (Lipinski definition) is 10. The average molecular weight is 459 g/mol. The van der Waals surface area contributed by atoms with E-state index in [1.807, 2.05) is 24.3 Å². The molecule has 2 aliphatic heterocycles. The van der Waals surface area contributed by atoms with Crippen molar-refractivity contribution in [1.29, 1.82) is 0 Å². The maximum Gasteiger partial charge on any atom is 0.144 e. The predicted octanol–water partition coefficient (Wildman–Crippen LogP) is 0.937. The van der Waals surface area contributed by atoms with Gasteiger partial charge in [-0.1, -0.05) is 0 Å². The Kier molecular flexibility index (Phi) is 5.15. The van der Waals surface area contributed by atoms with Crippen LogP contribution >= 0.6 is 0 Å². The first-order valence-corrected chi connectivity index (χ1v) is 11.5. The Labute approximate surface area is 195 Å². The molecular formula is C22H26N12. The first-order chi connectivity index (χ1) is 16.7. The van der Waals surface area contributed by atoms with Gasteiger partial charge in [0.2, 0.25) is 0 Å². The molecule has 0 aromatic carbocycles. The van der Waals surface area contributed by atoms with Gasteiger partial charge in [-0.25, -0.2) is 19.3 Å². The van der Waals surface area contributed by atoms with Crippen molar-refractivity contribution in [3.05, 3.63) is 48.3 Å². The number of nitrogen functional groups attached to an aromatic ring is 2. The Bertz CT molecular complexity index is 1180. The van der Waals surface area contributed by atoms with Crippen LogP contribution in [0.4, 0.5) is 0 Å². The molecule has 34 heavy (non-hydrogen) atoms. The number of nitrogens with two attached hydrogens (primary N) is 2. The van der Waals surface area contributed by atoms with Crippen LogP contribution in [0.25, 0.3) is 34.2 Å². The molecule has 0 radical (unpaired) electrons. The van der Waals surface area contributed by atoms with E-state index in [1.54, 1.807) is 21.7 Å². The Balaban J connectivity index is 1.21. The van der Waals surface area contributed by atoms with Crippen LogP contribution in [0.3, 0.4) is 0 Å². The third-order valence-electron chi connectivity index (χ3n) is 6.51. The zero-order valence-electron chi connectivity index (χ0n) is 18.6. The van der Waals surface area contributed by atoms with Crippen molar-refractivity contribution in [2.45, 2.75) is 37.8 Å². The molecule has 0 spiro atoms. The van der Waals surface area contributed by atoms with Gasteiger partial charge in [0.25, 0.3) is 0 Å². The Morgan fingerprint density at radius 3 is 1.41 bits per heavy atom. The molecule has 0 amide bonds. The fraction of sp³-hybridized carbons (Fsp3) is 0.364. The molecule has 2 fully saturated rings.